The van der Waals surface area contributed by atoms with Crippen molar-refractivity contribution in [2.75, 3.05) is 0 Å². The van der Waals surface area contributed by atoms with Gasteiger partial charge >= 0.3 is 23.1 Å². The summed E-state index contributed by atoms with van der Waals surface area (Å²) < 4.78 is 1.08. The molecule has 3 heteroatoms. The van der Waals surface area contributed by atoms with Gasteiger partial charge in [-0.05, 0) is 0 Å². The largest absolute Gasteiger partial charge is 2.00 e. The Labute approximate surface area is 104 Å². The molecule has 1 aromatic rings. The molecule has 1 rings (SSSR count). The molecule has 0 aliphatic carbocycles. The average molecular weight is 290 g/mol. The molecule has 0 spiro atoms. The Kier molecular flexibility index (Phi) is 22.0. The molecule has 0 bridgehead atoms. The second kappa shape index (κ2) is 13.5. The Morgan fingerprint density at radius 2 is 2.00 bits per heavy atom. The molecule has 0 N–H and O–H groups in total. The summed E-state index contributed by atoms with van der Waals surface area (Å²) in [6.07, 6.45) is 0. The maximum atomic E-state index is 3.28. The van der Waals surface area contributed by atoms with Gasteiger partial charge < -0.3 is 6.92 Å². The molecule has 0 radical (unpaired) electrons. The molecule has 0 saturated carbocycles. The van der Waals surface area contributed by atoms with E-state index in [0.717, 1.165) is 4.47 Å². The zero-order valence-corrected chi connectivity index (χ0v) is 11.2. The van der Waals surface area contributed by atoms with Gasteiger partial charge in [0.15, 0.2) is 0 Å². The van der Waals surface area contributed by atoms with Crippen molar-refractivity contribution in [3.63, 3.8) is 0 Å². The molecule has 0 nitrogen and oxygen atoms in total. The summed E-state index contributed by atoms with van der Waals surface area (Å²) in [6.45, 7) is 5.00. The van der Waals surface area contributed by atoms with E-state index in [0.29, 0.717) is 0 Å². The summed E-state index contributed by atoms with van der Waals surface area (Å²) in [6, 6.07) is 10.6. The fourth-order valence-corrected chi connectivity index (χ4v) is 0.656. The van der Waals surface area contributed by atoms with Crippen LogP contribution in [0.2, 0.25) is 0 Å². The Morgan fingerprint density at radius 3 is 2.18 bits per heavy atom. The van der Waals surface area contributed by atoms with Crippen LogP contribution in [-0.2, 0) is 0 Å². The monoisotopic (exact) mass is 288 g/mol. The molecule has 0 saturated heterocycles. The molecule has 0 amide bonds. The van der Waals surface area contributed by atoms with Gasteiger partial charge in [-0.3, -0.25) is 0 Å². The Bertz CT molecular complexity index is 142. The third kappa shape index (κ3) is 10.9. The fourth-order valence-electron chi connectivity index (χ4n) is 0.371. The van der Waals surface area contributed by atoms with E-state index >= 15 is 0 Å². The number of benzene rings is 1. The Hall–Kier alpha value is 0.946. The van der Waals surface area contributed by atoms with Gasteiger partial charge in [0.05, 0.1) is 0 Å². The summed E-state index contributed by atoms with van der Waals surface area (Å²) >= 11 is 3.28. The van der Waals surface area contributed by atoms with Crippen molar-refractivity contribution in [2.24, 2.45) is 0 Å². The third-order valence-corrected chi connectivity index (χ3v) is 1.16. The number of halogens is 2. The van der Waals surface area contributed by atoms with E-state index in [1.807, 2.05) is 24.3 Å². The van der Waals surface area contributed by atoms with Gasteiger partial charge in [0.1, 0.15) is 0 Å². The van der Waals surface area contributed by atoms with Crippen molar-refractivity contribution in [2.45, 2.75) is 6.92 Å². The van der Waals surface area contributed by atoms with Crippen molar-refractivity contribution in [1.82, 2.24) is 0 Å². The van der Waals surface area contributed by atoms with E-state index < -0.39 is 0 Å². The van der Waals surface area contributed by atoms with Crippen molar-refractivity contribution in [3.05, 3.63) is 41.7 Å². The maximum Gasteiger partial charge on any atom is 2.00 e. The van der Waals surface area contributed by atoms with Gasteiger partial charge in [-0.15, -0.1) is 32.9 Å². The Morgan fingerprint density at radius 1 is 1.45 bits per heavy atom. The van der Waals surface area contributed by atoms with Crippen LogP contribution in [0.4, 0.5) is 0 Å². The first kappa shape index (κ1) is 17.9. The van der Waals surface area contributed by atoms with Crippen LogP contribution in [0.15, 0.2) is 28.7 Å². The molecule has 0 atom stereocenters. The maximum absolute atomic E-state index is 3.28. The molecule has 0 unspecified atom stereocenters. The molecular formula is C8H10Br2Mg. The van der Waals surface area contributed by atoms with Gasteiger partial charge in [-0.2, -0.15) is 37.3 Å². The van der Waals surface area contributed by atoms with Crippen LogP contribution in [0.25, 0.3) is 0 Å². The van der Waals surface area contributed by atoms with Crippen LogP contribution in [-0.4, -0.2) is 23.1 Å². The van der Waals surface area contributed by atoms with Crippen LogP contribution in [0, 0.1) is 13.0 Å². The topological polar surface area (TPSA) is 0 Å². The molecule has 58 valence electrons. The SMILES string of the molecule is Br.Brc1c[c-]ccc1.[CH2-]C.[Mg+2]. The van der Waals surface area contributed by atoms with E-state index in [4.69, 9.17) is 0 Å². The first-order valence-electron chi connectivity index (χ1n) is 2.72. The number of rotatable bonds is 0. The molecule has 11 heavy (non-hydrogen) atoms. The van der Waals surface area contributed by atoms with Gasteiger partial charge in [-0.25, -0.2) is 0 Å². The van der Waals surface area contributed by atoms with E-state index in [-0.39, 0.29) is 40.0 Å². The minimum absolute atomic E-state index is 0. The second-order valence-electron chi connectivity index (χ2n) is 1.22. The molecule has 0 aliphatic heterocycles. The molecule has 0 aromatic heterocycles. The standard InChI is InChI=1S/C6H4Br.C2H5.BrH.Mg/c7-6-4-2-1-3-5-6;1-2;;/h1-2,4-5H;1H2,2H3;1H;/q2*-1;;+2. The Balaban J connectivity index is -0.000000149. The van der Waals surface area contributed by atoms with E-state index in [1.165, 1.54) is 0 Å². The minimum Gasteiger partial charge on any atom is -0.346 e. The van der Waals surface area contributed by atoms with Crippen molar-refractivity contribution in [1.29, 1.82) is 0 Å². The van der Waals surface area contributed by atoms with Crippen LogP contribution in [0.3, 0.4) is 0 Å². The third-order valence-electron chi connectivity index (χ3n) is 0.669. The second-order valence-corrected chi connectivity index (χ2v) is 2.14. The summed E-state index contributed by atoms with van der Waals surface area (Å²) in [5, 5.41) is 0. The molecule has 0 fully saturated rings. The smallest absolute Gasteiger partial charge is 0.346 e. The van der Waals surface area contributed by atoms with Crippen molar-refractivity contribution < 1.29 is 0 Å². The van der Waals surface area contributed by atoms with Gasteiger partial charge in [0, 0.05) is 0 Å². The van der Waals surface area contributed by atoms with Crippen LogP contribution < -0.4 is 0 Å². The fraction of sp³-hybridized carbons (Fsp3) is 0.125. The normalized spacial score (nSPS) is 6.09. The van der Waals surface area contributed by atoms with E-state index in [9.17, 15) is 0 Å². The van der Waals surface area contributed by atoms with Gasteiger partial charge in [-0.1, -0.05) is 4.47 Å². The van der Waals surface area contributed by atoms with E-state index in [2.05, 4.69) is 28.9 Å². The summed E-state index contributed by atoms with van der Waals surface area (Å²) in [4.78, 5) is 0. The molecule has 1 aromatic carbocycles. The predicted octanol–water partition coefficient (Wildman–Crippen LogP) is 3.29. The predicted molar refractivity (Wildman–Crippen MR) is 60.1 cm³/mol. The van der Waals surface area contributed by atoms with Crippen molar-refractivity contribution >= 4 is 56.0 Å². The zero-order chi connectivity index (χ0) is 7.11. The summed E-state index contributed by atoms with van der Waals surface area (Å²) in [7, 11) is 0. The molecular weight excluding hydrogens is 280 g/mol. The quantitative estimate of drug-likeness (QED) is 0.508. The average Bonchev–Trinajstić information content (AvgIpc) is 1.94. The van der Waals surface area contributed by atoms with Gasteiger partial charge in [0.2, 0.25) is 0 Å². The van der Waals surface area contributed by atoms with Crippen LogP contribution >= 0.6 is 32.9 Å². The molecule has 0 heterocycles. The molecule has 0 aliphatic rings. The van der Waals surface area contributed by atoms with Crippen LogP contribution in [0.5, 0.6) is 0 Å². The van der Waals surface area contributed by atoms with Crippen molar-refractivity contribution in [3.8, 4) is 0 Å². The van der Waals surface area contributed by atoms with Crippen LogP contribution in [0.1, 0.15) is 6.92 Å². The number of hydrogen-bond acceptors (Lipinski definition) is 0. The number of hydrogen-bond donors (Lipinski definition) is 0. The zero-order valence-electron chi connectivity index (χ0n) is 6.51. The minimum atomic E-state index is 0. The first-order chi connectivity index (χ1) is 4.39. The summed E-state index contributed by atoms with van der Waals surface area (Å²) in [5.41, 5.74) is 0. The van der Waals surface area contributed by atoms with Gasteiger partial charge in [0.25, 0.3) is 0 Å². The summed E-state index contributed by atoms with van der Waals surface area (Å²) in [5.74, 6) is 0. The first-order valence-corrected chi connectivity index (χ1v) is 3.51. The van der Waals surface area contributed by atoms with E-state index in [1.54, 1.807) is 6.92 Å².